The molecule has 1 aliphatic heterocycles. The van der Waals surface area contributed by atoms with Crippen molar-refractivity contribution in [2.24, 2.45) is 0 Å². The van der Waals surface area contributed by atoms with Crippen LogP contribution in [0.2, 0.25) is 0 Å². The van der Waals surface area contributed by atoms with Crippen molar-refractivity contribution < 1.29 is 4.39 Å². The molecular formula is C13H14FN3. The molecule has 17 heavy (non-hydrogen) atoms. The Morgan fingerprint density at radius 3 is 3.06 bits per heavy atom. The third-order valence-electron chi connectivity index (χ3n) is 3.12. The third kappa shape index (κ3) is 2.08. The molecule has 1 saturated heterocycles. The molecule has 2 aromatic rings. The van der Waals surface area contributed by atoms with Crippen LogP contribution in [0, 0.1) is 5.82 Å². The average Bonchev–Trinajstić information content (AvgIpc) is 3.00. The van der Waals surface area contributed by atoms with E-state index in [0.717, 1.165) is 30.0 Å². The van der Waals surface area contributed by atoms with Crippen LogP contribution in [0.1, 0.15) is 24.7 Å². The highest BCUT2D eigenvalue weighted by Crippen LogP contribution is 2.24. The molecule has 3 rings (SSSR count). The quantitative estimate of drug-likeness (QED) is 0.834. The Labute approximate surface area is 99.1 Å². The van der Waals surface area contributed by atoms with Crippen LogP contribution in [0.15, 0.2) is 30.5 Å². The van der Waals surface area contributed by atoms with Gasteiger partial charge < -0.3 is 10.3 Å². The van der Waals surface area contributed by atoms with Crippen molar-refractivity contribution in [3.8, 4) is 11.3 Å². The number of rotatable bonds is 2. The van der Waals surface area contributed by atoms with E-state index in [1.165, 1.54) is 18.6 Å². The SMILES string of the molecule is Fc1cccc(-c2cnc([C@@H]3CCCN3)[nH]2)c1. The lowest BCUT2D eigenvalue weighted by Gasteiger charge is -2.05. The van der Waals surface area contributed by atoms with Gasteiger partial charge in [-0.3, -0.25) is 0 Å². The van der Waals surface area contributed by atoms with Crippen LogP contribution in [0.3, 0.4) is 0 Å². The molecule has 0 aliphatic carbocycles. The Morgan fingerprint density at radius 1 is 1.35 bits per heavy atom. The molecule has 0 spiro atoms. The number of nitrogens with zero attached hydrogens (tertiary/aromatic N) is 1. The summed E-state index contributed by atoms with van der Waals surface area (Å²) >= 11 is 0. The zero-order chi connectivity index (χ0) is 11.7. The number of hydrogen-bond donors (Lipinski definition) is 2. The molecular weight excluding hydrogens is 217 g/mol. The van der Waals surface area contributed by atoms with Gasteiger partial charge in [0.25, 0.3) is 0 Å². The van der Waals surface area contributed by atoms with Crippen molar-refractivity contribution in [2.75, 3.05) is 6.54 Å². The second-order valence-electron chi connectivity index (χ2n) is 4.34. The smallest absolute Gasteiger partial charge is 0.123 e. The van der Waals surface area contributed by atoms with Gasteiger partial charge in [0, 0.05) is 5.56 Å². The first kappa shape index (κ1) is 10.5. The summed E-state index contributed by atoms with van der Waals surface area (Å²) in [6.07, 6.45) is 4.06. The van der Waals surface area contributed by atoms with Crippen LogP contribution in [0.4, 0.5) is 4.39 Å². The molecule has 4 heteroatoms. The van der Waals surface area contributed by atoms with Gasteiger partial charge in [-0.05, 0) is 31.5 Å². The fourth-order valence-electron chi connectivity index (χ4n) is 2.23. The summed E-state index contributed by atoms with van der Waals surface area (Å²) in [5.74, 6) is 0.722. The minimum atomic E-state index is -0.224. The van der Waals surface area contributed by atoms with Gasteiger partial charge in [0.05, 0.1) is 17.9 Å². The van der Waals surface area contributed by atoms with Crippen molar-refractivity contribution in [3.05, 3.63) is 42.1 Å². The number of aromatic amines is 1. The molecule has 0 unspecified atom stereocenters. The highest BCUT2D eigenvalue weighted by Gasteiger charge is 2.19. The van der Waals surface area contributed by atoms with E-state index >= 15 is 0 Å². The molecule has 0 radical (unpaired) electrons. The average molecular weight is 231 g/mol. The monoisotopic (exact) mass is 231 g/mol. The van der Waals surface area contributed by atoms with Crippen LogP contribution in [0.25, 0.3) is 11.3 Å². The summed E-state index contributed by atoms with van der Waals surface area (Å²) in [4.78, 5) is 7.62. The molecule has 2 heterocycles. The Hall–Kier alpha value is -1.68. The minimum absolute atomic E-state index is 0.224. The van der Waals surface area contributed by atoms with Crippen molar-refractivity contribution >= 4 is 0 Å². The maximum Gasteiger partial charge on any atom is 0.123 e. The van der Waals surface area contributed by atoms with Gasteiger partial charge in [-0.15, -0.1) is 0 Å². The van der Waals surface area contributed by atoms with Gasteiger partial charge in [-0.25, -0.2) is 9.37 Å². The van der Waals surface area contributed by atoms with Crippen LogP contribution in [-0.2, 0) is 0 Å². The van der Waals surface area contributed by atoms with Gasteiger partial charge in [0.15, 0.2) is 0 Å². The Balaban J connectivity index is 1.89. The highest BCUT2D eigenvalue weighted by atomic mass is 19.1. The number of hydrogen-bond acceptors (Lipinski definition) is 2. The van der Waals surface area contributed by atoms with Crippen molar-refractivity contribution in [1.82, 2.24) is 15.3 Å². The van der Waals surface area contributed by atoms with E-state index in [0.29, 0.717) is 6.04 Å². The maximum absolute atomic E-state index is 13.1. The molecule has 1 aliphatic rings. The molecule has 1 aromatic heterocycles. The predicted molar refractivity (Wildman–Crippen MR) is 64.0 cm³/mol. The molecule has 0 amide bonds. The molecule has 0 bridgehead atoms. The van der Waals surface area contributed by atoms with Gasteiger partial charge in [-0.2, -0.15) is 0 Å². The zero-order valence-corrected chi connectivity index (χ0v) is 9.41. The topological polar surface area (TPSA) is 40.7 Å². The van der Waals surface area contributed by atoms with Gasteiger partial charge in [0.2, 0.25) is 0 Å². The number of H-pyrrole nitrogens is 1. The second kappa shape index (κ2) is 4.30. The first-order valence-corrected chi connectivity index (χ1v) is 5.87. The third-order valence-corrected chi connectivity index (χ3v) is 3.12. The lowest BCUT2D eigenvalue weighted by Crippen LogP contribution is -2.14. The Bertz CT molecular complexity index is 515. The number of aromatic nitrogens is 2. The van der Waals surface area contributed by atoms with E-state index in [9.17, 15) is 4.39 Å². The van der Waals surface area contributed by atoms with Crippen LogP contribution in [-0.4, -0.2) is 16.5 Å². The largest absolute Gasteiger partial charge is 0.341 e. The lowest BCUT2D eigenvalue weighted by atomic mass is 10.2. The number of imidazole rings is 1. The number of nitrogens with one attached hydrogen (secondary N) is 2. The van der Waals surface area contributed by atoms with E-state index < -0.39 is 0 Å². The van der Waals surface area contributed by atoms with Gasteiger partial charge in [-0.1, -0.05) is 12.1 Å². The summed E-state index contributed by atoms with van der Waals surface area (Å²) in [6, 6.07) is 6.86. The van der Waals surface area contributed by atoms with Gasteiger partial charge >= 0.3 is 0 Å². The summed E-state index contributed by atoms with van der Waals surface area (Å²) in [5.41, 5.74) is 1.70. The van der Waals surface area contributed by atoms with E-state index in [2.05, 4.69) is 15.3 Å². The molecule has 1 aromatic carbocycles. The summed E-state index contributed by atoms with van der Waals surface area (Å²) in [6.45, 7) is 1.04. The molecule has 1 atom stereocenters. The second-order valence-corrected chi connectivity index (χ2v) is 4.34. The Morgan fingerprint density at radius 2 is 2.29 bits per heavy atom. The van der Waals surface area contributed by atoms with E-state index in [1.807, 2.05) is 6.07 Å². The van der Waals surface area contributed by atoms with Crippen molar-refractivity contribution in [2.45, 2.75) is 18.9 Å². The molecule has 0 saturated carbocycles. The zero-order valence-electron chi connectivity index (χ0n) is 9.41. The molecule has 3 nitrogen and oxygen atoms in total. The number of benzene rings is 1. The summed E-state index contributed by atoms with van der Waals surface area (Å²) in [5, 5.41) is 3.38. The van der Waals surface area contributed by atoms with Crippen molar-refractivity contribution in [1.29, 1.82) is 0 Å². The molecule has 2 N–H and O–H groups in total. The van der Waals surface area contributed by atoms with Gasteiger partial charge in [0.1, 0.15) is 11.6 Å². The highest BCUT2D eigenvalue weighted by molar-refractivity contribution is 5.58. The van der Waals surface area contributed by atoms with Crippen molar-refractivity contribution in [3.63, 3.8) is 0 Å². The van der Waals surface area contributed by atoms with Crippen LogP contribution >= 0.6 is 0 Å². The van der Waals surface area contributed by atoms with E-state index in [4.69, 9.17) is 0 Å². The fourth-order valence-corrected chi connectivity index (χ4v) is 2.23. The fraction of sp³-hybridized carbons (Fsp3) is 0.308. The van der Waals surface area contributed by atoms with E-state index in [1.54, 1.807) is 12.3 Å². The summed E-state index contributed by atoms with van der Waals surface area (Å²) in [7, 11) is 0. The van der Waals surface area contributed by atoms with Crippen LogP contribution in [0.5, 0.6) is 0 Å². The number of halogens is 1. The lowest BCUT2D eigenvalue weighted by molar-refractivity contribution is 0.612. The summed E-state index contributed by atoms with van der Waals surface area (Å²) < 4.78 is 13.1. The molecule has 1 fully saturated rings. The van der Waals surface area contributed by atoms with Crippen LogP contribution < -0.4 is 5.32 Å². The normalized spacial score (nSPS) is 19.7. The minimum Gasteiger partial charge on any atom is -0.341 e. The first-order chi connectivity index (χ1) is 8.33. The predicted octanol–water partition coefficient (Wildman–Crippen LogP) is 2.64. The van der Waals surface area contributed by atoms with E-state index in [-0.39, 0.29) is 5.82 Å². The first-order valence-electron chi connectivity index (χ1n) is 5.87. The Kier molecular flexibility index (Phi) is 2.65. The maximum atomic E-state index is 13.1. The standard InChI is InChI=1S/C13H14FN3/c14-10-4-1-3-9(7-10)12-8-16-13(17-12)11-5-2-6-15-11/h1,3-4,7-8,11,15H,2,5-6H2,(H,16,17)/t11-/m0/s1. The molecule has 88 valence electrons.